The lowest BCUT2D eigenvalue weighted by Gasteiger charge is -2.03. The molecule has 0 aliphatic carbocycles. The molecule has 0 amide bonds. The Morgan fingerprint density at radius 3 is 2.35 bits per heavy atom. The van der Waals surface area contributed by atoms with Gasteiger partial charge in [-0.3, -0.25) is 0 Å². The third-order valence-electron chi connectivity index (χ3n) is 2.08. The highest BCUT2D eigenvalue weighted by Crippen LogP contribution is 2.16. The Kier molecular flexibility index (Phi) is 5.90. The second kappa shape index (κ2) is 7.00. The molecule has 1 aromatic rings. The van der Waals surface area contributed by atoms with Crippen LogP contribution in [0.5, 0.6) is 0 Å². The zero-order valence-electron chi connectivity index (χ0n) is 10.2. The summed E-state index contributed by atoms with van der Waals surface area (Å²) in [6.45, 7) is 1.84. The third kappa shape index (κ3) is 4.73. The van der Waals surface area contributed by atoms with Crippen LogP contribution in [0.2, 0.25) is 0 Å². The maximum absolute atomic E-state index is 11.8. The van der Waals surface area contributed by atoms with E-state index >= 15 is 0 Å². The van der Waals surface area contributed by atoms with Crippen LogP contribution in [0, 0.1) is 6.92 Å². The standard InChI is InChI=1S/C11H10Br2N2O4S/c1-7-2-4-8(5-3-7)20(18,19)15-14-6-9(12)10(13)11(16)17/h2-6,15H,1H3,(H,16,17)/b10-9+,14-6-. The molecular weight excluding hydrogens is 416 g/mol. The smallest absolute Gasteiger partial charge is 0.344 e. The van der Waals surface area contributed by atoms with Gasteiger partial charge in [0.25, 0.3) is 10.0 Å². The summed E-state index contributed by atoms with van der Waals surface area (Å²) in [6.07, 6.45) is 1.03. The number of carboxylic acids is 1. The Hall–Kier alpha value is -1.19. The normalized spacial score (nSPS) is 13.2. The predicted molar refractivity (Wildman–Crippen MR) is 82.5 cm³/mol. The van der Waals surface area contributed by atoms with Crippen LogP contribution in [0.3, 0.4) is 0 Å². The summed E-state index contributed by atoms with van der Waals surface area (Å²) < 4.78 is 23.6. The lowest BCUT2D eigenvalue weighted by Crippen LogP contribution is -2.18. The van der Waals surface area contributed by atoms with E-state index in [1.165, 1.54) is 12.1 Å². The highest BCUT2D eigenvalue weighted by molar-refractivity contribution is 9.14. The summed E-state index contributed by atoms with van der Waals surface area (Å²) in [5.41, 5.74) is 0.934. The van der Waals surface area contributed by atoms with Crippen LogP contribution < -0.4 is 4.83 Å². The second-order valence-corrected chi connectivity index (χ2v) is 6.94. The molecule has 6 nitrogen and oxygen atoms in total. The highest BCUT2D eigenvalue weighted by atomic mass is 79.9. The monoisotopic (exact) mass is 424 g/mol. The van der Waals surface area contributed by atoms with Gasteiger partial charge in [-0.2, -0.15) is 13.5 Å². The minimum absolute atomic E-state index is 0.0673. The average molecular weight is 426 g/mol. The second-order valence-electron chi connectivity index (χ2n) is 3.63. The van der Waals surface area contributed by atoms with Crippen LogP contribution in [0.25, 0.3) is 0 Å². The third-order valence-corrected chi connectivity index (χ3v) is 5.22. The molecule has 0 saturated heterocycles. The van der Waals surface area contributed by atoms with Gasteiger partial charge in [-0.15, -0.1) is 0 Å². The van der Waals surface area contributed by atoms with Crippen molar-refractivity contribution in [3.63, 3.8) is 0 Å². The summed E-state index contributed by atoms with van der Waals surface area (Å²) >= 11 is 5.75. The van der Waals surface area contributed by atoms with Gasteiger partial charge >= 0.3 is 5.97 Å². The number of aliphatic carboxylic acids is 1. The number of halogens is 2. The molecule has 108 valence electrons. The van der Waals surface area contributed by atoms with Crippen molar-refractivity contribution in [2.45, 2.75) is 11.8 Å². The van der Waals surface area contributed by atoms with Crippen molar-refractivity contribution >= 4 is 54.1 Å². The van der Waals surface area contributed by atoms with Crippen molar-refractivity contribution in [1.82, 2.24) is 4.83 Å². The Labute approximate surface area is 132 Å². The number of rotatable bonds is 5. The van der Waals surface area contributed by atoms with Gasteiger partial charge in [0, 0.05) is 0 Å². The number of carbonyl (C=O) groups is 1. The highest BCUT2D eigenvalue weighted by Gasteiger charge is 2.12. The Balaban J connectivity index is 2.86. The molecule has 1 rings (SSSR count). The van der Waals surface area contributed by atoms with Crippen LogP contribution in [0.1, 0.15) is 5.56 Å². The van der Waals surface area contributed by atoms with Crippen molar-refractivity contribution in [3.8, 4) is 0 Å². The zero-order chi connectivity index (χ0) is 15.3. The molecule has 0 aromatic heterocycles. The van der Waals surface area contributed by atoms with Gasteiger partial charge in [-0.05, 0) is 50.9 Å². The molecular formula is C11H10Br2N2O4S. The average Bonchev–Trinajstić information content (AvgIpc) is 2.37. The molecule has 0 bridgehead atoms. The van der Waals surface area contributed by atoms with Gasteiger partial charge in [0.1, 0.15) is 4.48 Å². The van der Waals surface area contributed by atoms with E-state index in [0.29, 0.717) is 0 Å². The number of sulfonamides is 1. The van der Waals surface area contributed by atoms with Crippen LogP contribution in [0.4, 0.5) is 0 Å². The molecule has 0 saturated carbocycles. The maximum Gasteiger partial charge on any atom is 0.344 e. The quantitative estimate of drug-likeness (QED) is 0.430. The van der Waals surface area contributed by atoms with Crippen LogP contribution in [0.15, 0.2) is 43.2 Å². The van der Waals surface area contributed by atoms with Gasteiger partial charge in [-0.1, -0.05) is 17.7 Å². The Morgan fingerprint density at radius 2 is 1.85 bits per heavy atom. The van der Waals surface area contributed by atoms with Crippen molar-refractivity contribution in [2.75, 3.05) is 0 Å². The number of hydrogen-bond acceptors (Lipinski definition) is 4. The summed E-state index contributed by atoms with van der Waals surface area (Å²) in [7, 11) is -3.77. The number of nitrogens with zero attached hydrogens (tertiary/aromatic N) is 1. The predicted octanol–water partition coefficient (Wildman–Crippen LogP) is 2.35. The first kappa shape index (κ1) is 16.9. The van der Waals surface area contributed by atoms with E-state index in [4.69, 9.17) is 5.11 Å². The van der Waals surface area contributed by atoms with E-state index < -0.39 is 16.0 Å². The van der Waals surface area contributed by atoms with Crippen LogP contribution >= 0.6 is 31.9 Å². The molecule has 0 aliphatic heterocycles. The summed E-state index contributed by atoms with van der Waals surface area (Å²) in [4.78, 5) is 12.7. The fraction of sp³-hybridized carbons (Fsp3) is 0.0909. The van der Waals surface area contributed by atoms with Crippen molar-refractivity contribution in [2.24, 2.45) is 5.10 Å². The first-order valence-corrected chi connectivity index (χ1v) is 8.21. The fourth-order valence-electron chi connectivity index (χ4n) is 1.08. The van der Waals surface area contributed by atoms with Gasteiger partial charge in [-0.25, -0.2) is 9.63 Å². The zero-order valence-corrected chi connectivity index (χ0v) is 14.2. The lowest BCUT2D eigenvalue weighted by atomic mass is 10.2. The van der Waals surface area contributed by atoms with Gasteiger partial charge < -0.3 is 5.11 Å². The molecule has 0 fully saturated rings. The Morgan fingerprint density at radius 1 is 1.30 bits per heavy atom. The molecule has 0 unspecified atom stereocenters. The number of allylic oxidation sites excluding steroid dienone is 1. The maximum atomic E-state index is 11.8. The molecule has 0 aliphatic rings. The molecule has 2 N–H and O–H groups in total. The van der Waals surface area contributed by atoms with E-state index in [1.807, 2.05) is 11.8 Å². The minimum atomic E-state index is -3.77. The van der Waals surface area contributed by atoms with Gasteiger partial charge in [0.2, 0.25) is 0 Å². The number of hydrogen-bond donors (Lipinski definition) is 2. The Bertz CT molecular complexity index is 666. The molecule has 0 heterocycles. The van der Waals surface area contributed by atoms with Crippen molar-refractivity contribution in [1.29, 1.82) is 0 Å². The number of benzene rings is 1. The molecule has 0 spiro atoms. The molecule has 1 aromatic carbocycles. The van der Waals surface area contributed by atoms with Crippen LogP contribution in [-0.4, -0.2) is 25.7 Å². The summed E-state index contributed by atoms with van der Waals surface area (Å²) in [5, 5.41) is 12.2. The molecule has 0 radical (unpaired) electrons. The van der Waals surface area contributed by atoms with E-state index in [1.54, 1.807) is 12.1 Å². The van der Waals surface area contributed by atoms with E-state index in [9.17, 15) is 13.2 Å². The minimum Gasteiger partial charge on any atom is -0.477 e. The largest absolute Gasteiger partial charge is 0.477 e. The number of aryl methyl sites for hydroxylation is 1. The number of nitrogens with one attached hydrogen (secondary N) is 1. The van der Waals surface area contributed by atoms with Crippen molar-refractivity contribution < 1.29 is 18.3 Å². The summed E-state index contributed by atoms with van der Waals surface area (Å²) in [6, 6.07) is 6.22. The van der Waals surface area contributed by atoms with E-state index in [-0.39, 0.29) is 13.9 Å². The molecule has 9 heteroatoms. The SMILES string of the molecule is Cc1ccc(S(=O)(=O)N/N=C\C(Br)=C(/Br)C(=O)O)cc1. The first-order chi connectivity index (χ1) is 9.24. The number of carboxylic acid groups (broad SMARTS) is 1. The number of hydrazone groups is 1. The van der Waals surface area contributed by atoms with Gasteiger partial charge in [0.15, 0.2) is 0 Å². The summed E-state index contributed by atoms with van der Waals surface area (Å²) in [5.74, 6) is -1.20. The molecule has 20 heavy (non-hydrogen) atoms. The van der Waals surface area contributed by atoms with Gasteiger partial charge in [0.05, 0.1) is 15.6 Å². The lowest BCUT2D eigenvalue weighted by molar-refractivity contribution is -0.131. The van der Waals surface area contributed by atoms with E-state index in [0.717, 1.165) is 11.8 Å². The van der Waals surface area contributed by atoms with Crippen molar-refractivity contribution in [3.05, 3.63) is 38.8 Å². The van der Waals surface area contributed by atoms with Crippen LogP contribution in [-0.2, 0) is 14.8 Å². The first-order valence-electron chi connectivity index (χ1n) is 5.14. The topological polar surface area (TPSA) is 95.8 Å². The molecule has 0 atom stereocenters. The van der Waals surface area contributed by atoms with E-state index in [2.05, 4.69) is 37.0 Å². The fourth-order valence-corrected chi connectivity index (χ4v) is 2.25.